The molecule has 0 atom stereocenters. The van der Waals surface area contributed by atoms with E-state index >= 15 is 0 Å². The Morgan fingerprint density at radius 2 is 0.465 bits per heavy atom. The maximum absolute atomic E-state index is 5.87. The number of rotatable bonds is 38. The Morgan fingerprint density at radius 1 is 0.256 bits per heavy atom. The lowest BCUT2D eigenvalue weighted by molar-refractivity contribution is 0.125. The first-order chi connectivity index (χ1) is 21.4. The molecule has 0 heterocycles. The van der Waals surface area contributed by atoms with E-state index in [-0.39, 0.29) is 0 Å². The molecule has 0 saturated carbocycles. The van der Waals surface area contributed by atoms with Crippen molar-refractivity contribution in [3.05, 3.63) is 24.3 Å². The molecule has 0 aliphatic carbocycles. The molecule has 0 aromatic rings. The number of unbranched alkanes of at least 4 members (excludes halogenated alkanes) is 24. The molecular formula is C40H78O3. The van der Waals surface area contributed by atoms with Crippen molar-refractivity contribution < 1.29 is 14.2 Å². The molecule has 0 rings (SSSR count). The van der Waals surface area contributed by atoms with Gasteiger partial charge in [-0.3, -0.25) is 0 Å². The van der Waals surface area contributed by atoms with E-state index in [1.165, 1.54) is 180 Å². The number of ether oxygens (including phenoxy) is 3. The molecule has 0 saturated heterocycles. The molecule has 0 spiro atoms. The predicted molar refractivity (Wildman–Crippen MR) is 191 cm³/mol. The van der Waals surface area contributed by atoms with Crippen LogP contribution >= 0.6 is 0 Å². The molecule has 43 heavy (non-hydrogen) atoms. The van der Waals surface area contributed by atoms with Gasteiger partial charge in [0.15, 0.2) is 0 Å². The summed E-state index contributed by atoms with van der Waals surface area (Å²) in [5.41, 5.74) is 0. The van der Waals surface area contributed by atoms with Crippen molar-refractivity contribution in [1.29, 1.82) is 0 Å². The summed E-state index contributed by atoms with van der Waals surface area (Å²) in [5, 5.41) is 0. The summed E-state index contributed by atoms with van der Waals surface area (Å²) < 4.78 is 16.7. The fourth-order valence-corrected chi connectivity index (χ4v) is 5.56. The Kier molecular flexibility index (Phi) is 40.7. The van der Waals surface area contributed by atoms with Crippen molar-refractivity contribution >= 4 is 0 Å². The number of hydrogen-bond acceptors (Lipinski definition) is 3. The van der Waals surface area contributed by atoms with E-state index in [1.807, 2.05) is 0 Å². The van der Waals surface area contributed by atoms with Crippen molar-refractivity contribution in [3.8, 4) is 0 Å². The topological polar surface area (TPSA) is 27.7 Å². The minimum absolute atomic E-state index is 0.860. The first kappa shape index (κ1) is 42.4. The standard InChI is InChI=1S/C40H78O3/c1-3-41-37-33-29-25-21-17-13-9-5-7-11-15-19-23-27-31-35-39-43-40-36-32-28-24-20-16-12-8-6-10-14-18-22-26-30-34-38-42-4-2/h5-8H,3-4,9-40H2,1-2H3/b7-5-,8-6-. The lowest BCUT2D eigenvalue weighted by Crippen LogP contribution is -1.97. The van der Waals surface area contributed by atoms with E-state index < -0.39 is 0 Å². The van der Waals surface area contributed by atoms with Gasteiger partial charge in [0.05, 0.1) is 0 Å². The summed E-state index contributed by atoms with van der Waals surface area (Å²) >= 11 is 0. The van der Waals surface area contributed by atoms with Crippen LogP contribution in [0.1, 0.15) is 194 Å². The van der Waals surface area contributed by atoms with Crippen molar-refractivity contribution in [1.82, 2.24) is 0 Å². The fraction of sp³-hybridized carbons (Fsp3) is 0.900. The van der Waals surface area contributed by atoms with Crippen LogP contribution in [0.2, 0.25) is 0 Å². The highest BCUT2D eigenvalue weighted by atomic mass is 16.5. The van der Waals surface area contributed by atoms with Gasteiger partial charge in [0.25, 0.3) is 0 Å². The third-order valence-corrected chi connectivity index (χ3v) is 8.38. The number of hydrogen-bond donors (Lipinski definition) is 0. The van der Waals surface area contributed by atoms with E-state index in [2.05, 4.69) is 38.2 Å². The molecular weight excluding hydrogens is 528 g/mol. The zero-order valence-corrected chi connectivity index (χ0v) is 29.6. The molecule has 0 aromatic carbocycles. The van der Waals surface area contributed by atoms with Crippen LogP contribution in [-0.2, 0) is 14.2 Å². The Labute approximate surface area is 271 Å². The van der Waals surface area contributed by atoms with E-state index in [0.29, 0.717) is 0 Å². The summed E-state index contributed by atoms with van der Waals surface area (Å²) in [6.07, 6.45) is 47.1. The third-order valence-electron chi connectivity index (χ3n) is 8.38. The molecule has 0 aliphatic heterocycles. The lowest BCUT2D eigenvalue weighted by atomic mass is 10.1. The number of allylic oxidation sites excluding steroid dienone is 4. The highest BCUT2D eigenvalue weighted by molar-refractivity contribution is 4.82. The van der Waals surface area contributed by atoms with Crippen LogP contribution in [0.5, 0.6) is 0 Å². The van der Waals surface area contributed by atoms with E-state index in [1.54, 1.807) is 0 Å². The Bertz CT molecular complexity index is 484. The zero-order chi connectivity index (χ0) is 31.0. The van der Waals surface area contributed by atoms with Gasteiger partial charge in [0, 0.05) is 39.6 Å². The first-order valence-corrected chi connectivity index (χ1v) is 19.4. The van der Waals surface area contributed by atoms with Gasteiger partial charge in [-0.1, -0.05) is 127 Å². The molecule has 256 valence electrons. The van der Waals surface area contributed by atoms with Gasteiger partial charge >= 0.3 is 0 Å². The third kappa shape index (κ3) is 41.4. The van der Waals surface area contributed by atoms with E-state index in [9.17, 15) is 0 Å². The molecule has 0 unspecified atom stereocenters. The summed E-state index contributed by atoms with van der Waals surface area (Å²) in [6, 6.07) is 0. The molecule has 0 N–H and O–H groups in total. The van der Waals surface area contributed by atoms with Crippen LogP contribution in [0.3, 0.4) is 0 Å². The smallest absolute Gasteiger partial charge is 0.0466 e. The van der Waals surface area contributed by atoms with Gasteiger partial charge in [-0.15, -0.1) is 0 Å². The molecule has 3 heteroatoms. The van der Waals surface area contributed by atoms with Gasteiger partial charge in [0.2, 0.25) is 0 Å². The van der Waals surface area contributed by atoms with Crippen LogP contribution in [-0.4, -0.2) is 39.6 Å². The maximum Gasteiger partial charge on any atom is 0.0466 e. The molecule has 0 radical (unpaired) electrons. The van der Waals surface area contributed by atoms with Crippen LogP contribution in [0.4, 0.5) is 0 Å². The van der Waals surface area contributed by atoms with Crippen molar-refractivity contribution in [2.45, 2.75) is 194 Å². The van der Waals surface area contributed by atoms with Crippen molar-refractivity contribution in [2.75, 3.05) is 39.6 Å². The van der Waals surface area contributed by atoms with Crippen LogP contribution < -0.4 is 0 Å². The summed E-state index contributed by atoms with van der Waals surface area (Å²) in [4.78, 5) is 0. The largest absolute Gasteiger partial charge is 0.382 e. The molecule has 0 amide bonds. The second-order valence-electron chi connectivity index (χ2n) is 12.6. The highest BCUT2D eigenvalue weighted by Gasteiger charge is 1.95. The normalized spacial score (nSPS) is 12.0. The quantitative estimate of drug-likeness (QED) is 0.0517. The van der Waals surface area contributed by atoms with Crippen LogP contribution in [0.15, 0.2) is 24.3 Å². The second-order valence-corrected chi connectivity index (χ2v) is 12.6. The van der Waals surface area contributed by atoms with Gasteiger partial charge in [-0.25, -0.2) is 0 Å². The Hall–Kier alpha value is -0.640. The summed E-state index contributed by atoms with van der Waals surface area (Å²) in [6.45, 7) is 9.71. The minimum atomic E-state index is 0.860. The zero-order valence-electron chi connectivity index (χ0n) is 29.6. The molecule has 3 nitrogen and oxygen atoms in total. The van der Waals surface area contributed by atoms with Crippen molar-refractivity contribution in [2.24, 2.45) is 0 Å². The molecule has 0 aromatic heterocycles. The SMILES string of the molecule is CCOCCCCCCCC/C=C\CCCCCCCCOCCCCCCCC/C=C\CCCCCCCCOCC. The summed E-state index contributed by atoms with van der Waals surface area (Å²) in [7, 11) is 0. The first-order valence-electron chi connectivity index (χ1n) is 19.4. The van der Waals surface area contributed by atoms with Crippen LogP contribution in [0.25, 0.3) is 0 Å². The predicted octanol–water partition coefficient (Wildman–Crippen LogP) is 13.1. The Balaban J connectivity index is 3.11. The van der Waals surface area contributed by atoms with Gasteiger partial charge in [-0.05, 0) is 90.9 Å². The average Bonchev–Trinajstić information content (AvgIpc) is 3.02. The molecule has 0 fully saturated rings. The molecule has 0 aliphatic rings. The van der Waals surface area contributed by atoms with Gasteiger partial charge in [-0.2, -0.15) is 0 Å². The van der Waals surface area contributed by atoms with Crippen molar-refractivity contribution in [3.63, 3.8) is 0 Å². The van der Waals surface area contributed by atoms with Gasteiger partial charge in [0.1, 0.15) is 0 Å². The highest BCUT2D eigenvalue weighted by Crippen LogP contribution is 2.12. The maximum atomic E-state index is 5.87. The molecule has 0 bridgehead atoms. The summed E-state index contributed by atoms with van der Waals surface area (Å²) in [5.74, 6) is 0. The van der Waals surface area contributed by atoms with E-state index in [0.717, 1.165) is 39.6 Å². The Morgan fingerprint density at radius 3 is 0.721 bits per heavy atom. The average molecular weight is 607 g/mol. The minimum Gasteiger partial charge on any atom is -0.382 e. The van der Waals surface area contributed by atoms with Crippen LogP contribution in [0, 0.1) is 0 Å². The van der Waals surface area contributed by atoms with E-state index in [4.69, 9.17) is 14.2 Å². The fourth-order valence-electron chi connectivity index (χ4n) is 5.56. The lowest BCUT2D eigenvalue weighted by Gasteiger charge is -2.05. The second kappa shape index (κ2) is 41.4. The van der Waals surface area contributed by atoms with Gasteiger partial charge < -0.3 is 14.2 Å². The monoisotopic (exact) mass is 607 g/mol.